The third-order valence-corrected chi connectivity index (χ3v) is 3.80. The average molecular weight is 265 g/mol. The van der Waals surface area contributed by atoms with Crippen LogP contribution in [0, 0.1) is 0 Å². The van der Waals surface area contributed by atoms with Gasteiger partial charge >= 0.3 is 0 Å². The molecular formula is C15H23NO3. The molecule has 1 saturated heterocycles. The Kier molecular flexibility index (Phi) is 5.05. The molecule has 0 aromatic heterocycles. The number of likely N-dealkylation sites (tertiary alicyclic amines) is 1. The molecule has 0 unspecified atom stereocenters. The van der Waals surface area contributed by atoms with E-state index in [1.807, 2.05) is 18.2 Å². The number of aliphatic hydroxyl groups excluding tert-OH is 1. The Bertz CT molecular complexity index is 402. The number of methoxy groups -OCH3 is 2. The Morgan fingerprint density at radius 2 is 1.89 bits per heavy atom. The van der Waals surface area contributed by atoms with Crippen molar-refractivity contribution in [2.24, 2.45) is 0 Å². The fourth-order valence-corrected chi connectivity index (χ4v) is 2.81. The quantitative estimate of drug-likeness (QED) is 0.886. The maximum absolute atomic E-state index is 9.78. The molecule has 1 aliphatic rings. The summed E-state index contributed by atoms with van der Waals surface area (Å²) >= 11 is 0. The lowest BCUT2D eigenvalue weighted by atomic mass is 10.0. The van der Waals surface area contributed by atoms with E-state index in [0.29, 0.717) is 0 Å². The van der Waals surface area contributed by atoms with E-state index in [4.69, 9.17) is 9.47 Å². The van der Waals surface area contributed by atoms with Gasteiger partial charge in [-0.05, 0) is 32.0 Å². The van der Waals surface area contributed by atoms with Gasteiger partial charge in [-0.2, -0.15) is 0 Å². The summed E-state index contributed by atoms with van der Waals surface area (Å²) in [6, 6.07) is 5.83. The second-order valence-corrected chi connectivity index (χ2v) is 4.88. The SMILES string of the molecule is COc1cccc([C@@H](CO)N2CCCCC2)c1OC. The van der Waals surface area contributed by atoms with Crippen molar-refractivity contribution in [2.75, 3.05) is 33.9 Å². The van der Waals surface area contributed by atoms with E-state index in [2.05, 4.69) is 4.90 Å². The Morgan fingerprint density at radius 3 is 2.47 bits per heavy atom. The number of hydrogen-bond acceptors (Lipinski definition) is 4. The molecule has 0 radical (unpaired) electrons. The molecule has 1 aromatic carbocycles. The third-order valence-electron chi connectivity index (χ3n) is 3.80. The van der Waals surface area contributed by atoms with Gasteiger partial charge in [-0.25, -0.2) is 0 Å². The lowest BCUT2D eigenvalue weighted by molar-refractivity contribution is 0.102. The smallest absolute Gasteiger partial charge is 0.165 e. The largest absolute Gasteiger partial charge is 0.493 e. The van der Waals surface area contributed by atoms with Crippen LogP contribution in [-0.4, -0.2) is 43.9 Å². The van der Waals surface area contributed by atoms with E-state index in [1.165, 1.54) is 19.3 Å². The average Bonchev–Trinajstić information content (AvgIpc) is 2.48. The minimum Gasteiger partial charge on any atom is -0.493 e. The molecule has 1 aromatic rings. The van der Waals surface area contributed by atoms with Crippen LogP contribution in [0.1, 0.15) is 30.9 Å². The van der Waals surface area contributed by atoms with Crippen LogP contribution in [0.5, 0.6) is 11.5 Å². The van der Waals surface area contributed by atoms with Gasteiger partial charge in [-0.3, -0.25) is 4.90 Å². The third kappa shape index (κ3) is 3.01. The first-order valence-electron chi connectivity index (χ1n) is 6.87. The number of nitrogens with zero attached hydrogens (tertiary/aromatic N) is 1. The van der Waals surface area contributed by atoms with Crippen molar-refractivity contribution in [3.63, 3.8) is 0 Å². The normalized spacial score (nSPS) is 18.1. The fourth-order valence-electron chi connectivity index (χ4n) is 2.81. The van der Waals surface area contributed by atoms with Crippen LogP contribution in [0.2, 0.25) is 0 Å². The molecule has 0 spiro atoms. The molecule has 1 heterocycles. The zero-order chi connectivity index (χ0) is 13.7. The molecule has 0 bridgehead atoms. The first kappa shape index (κ1) is 14.2. The van der Waals surface area contributed by atoms with E-state index < -0.39 is 0 Å². The van der Waals surface area contributed by atoms with E-state index in [9.17, 15) is 5.11 Å². The zero-order valence-corrected chi connectivity index (χ0v) is 11.8. The standard InChI is InChI=1S/C15H23NO3/c1-18-14-8-6-7-12(15(14)19-2)13(11-17)16-9-4-3-5-10-16/h6-8,13,17H,3-5,9-11H2,1-2H3/t13-/m1/s1. The summed E-state index contributed by atoms with van der Waals surface area (Å²) < 4.78 is 10.8. The molecule has 2 rings (SSSR count). The summed E-state index contributed by atoms with van der Waals surface area (Å²) in [6.45, 7) is 2.17. The number of rotatable bonds is 5. The number of piperidine rings is 1. The summed E-state index contributed by atoms with van der Waals surface area (Å²) in [5.41, 5.74) is 1.01. The molecule has 1 fully saturated rings. The highest BCUT2D eigenvalue weighted by molar-refractivity contribution is 5.48. The van der Waals surface area contributed by atoms with Gasteiger partial charge in [0.05, 0.1) is 26.9 Å². The lowest BCUT2D eigenvalue weighted by Gasteiger charge is -2.34. The second-order valence-electron chi connectivity index (χ2n) is 4.88. The maximum atomic E-state index is 9.78. The number of hydrogen-bond donors (Lipinski definition) is 1. The van der Waals surface area contributed by atoms with E-state index >= 15 is 0 Å². The predicted molar refractivity (Wildman–Crippen MR) is 74.8 cm³/mol. The Hall–Kier alpha value is -1.26. The second kappa shape index (κ2) is 6.78. The highest BCUT2D eigenvalue weighted by Crippen LogP contribution is 2.37. The number of aliphatic hydroxyl groups is 1. The molecule has 0 saturated carbocycles. The van der Waals surface area contributed by atoms with Crippen LogP contribution in [0.4, 0.5) is 0 Å². The lowest BCUT2D eigenvalue weighted by Crippen LogP contribution is -2.35. The van der Waals surface area contributed by atoms with Gasteiger partial charge in [0.15, 0.2) is 11.5 Å². The van der Waals surface area contributed by atoms with Crippen LogP contribution in [0.3, 0.4) is 0 Å². The summed E-state index contributed by atoms with van der Waals surface area (Å²) in [5.74, 6) is 1.45. The van der Waals surface area contributed by atoms with Crippen molar-refractivity contribution < 1.29 is 14.6 Å². The fraction of sp³-hybridized carbons (Fsp3) is 0.600. The van der Waals surface area contributed by atoms with Crippen molar-refractivity contribution in [1.29, 1.82) is 0 Å². The summed E-state index contributed by atoms with van der Waals surface area (Å²) in [6.07, 6.45) is 3.68. The predicted octanol–water partition coefficient (Wildman–Crippen LogP) is 2.22. The molecule has 0 amide bonds. The summed E-state index contributed by atoms with van der Waals surface area (Å²) in [5, 5.41) is 9.78. The van der Waals surface area contributed by atoms with Crippen molar-refractivity contribution in [1.82, 2.24) is 4.90 Å². The van der Waals surface area contributed by atoms with Crippen molar-refractivity contribution in [3.05, 3.63) is 23.8 Å². The van der Waals surface area contributed by atoms with Crippen LogP contribution in [0.15, 0.2) is 18.2 Å². The van der Waals surface area contributed by atoms with E-state index in [1.54, 1.807) is 14.2 Å². The van der Waals surface area contributed by atoms with Crippen LogP contribution in [0.25, 0.3) is 0 Å². The number of para-hydroxylation sites is 1. The summed E-state index contributed by atoms with van der Waals surface area (Å²) in [7, 11) is 3.28. The van der Waals surface area contributed by atoms with Crippen LogP contribution < -0.4 is 9.47 Å². The highest BCUT2D eigenvalue weighted by Gasteiger charge is 2.25. The van der Waals surface area contributed by atoms with E-state index in [0.717, 1.165) is 30.2 Å². The first-order valence-corrected chi connectivity index (χ1v) is 6.87. The van der Waals surface area contributed by atoms with Gasteiger partial charge in [-0.1, -0.05) is 18.6 Å². The molecule has 4 nitrogen and oxygen atoms in total. The number of benzene rings is 1. The molecule has 1 aliphatic heterocycles. The van der Waals surface area contributed by atoms with Crippen molar-refractivity contribution in [2.45, 2.75) is 25.3 Å². The summed E-state index contributed by atoms with van der Waals surface area (Å²) in [4.78, 5) is 2.33. The molecule has 1 atom stereocenters. The Balaban J connectivity index is 2.31. The van der Waals surface area contributed by atoms with Gasteiger partial charge < -0.3 is 14.6 Å². The molecule has 19 heavy (non-hydrogen) atoms. The van der Waals surface area contributed by atoms with Gasteiger partial charge in [0, 0.05) is 5.56 Å². The molecule has 106 valence electrons. The van der Waals surface area contributed by atoms with Gasteiger partial charge in [-0.15, -0.1) is 0 Å². The van der Waals surface area contributed by atoms with E-state index in [-0.39, 0.29) is 12.6 Å². The maximum Gasteiger partial charge on any atom is 0.165 e. The van der Waals surface area contributed by atoms with Crippen molar-refractivity contribution in [3.8, 4) is 11.5 Å². The minimum atomic E-state index is -0.00894. The van der Waals surface area contributed by atoms with Gasteiger partial charge in [0.1, 0.15) is 0 Å². The van der Waals surface area contributed by atoms with Gasteiger partial charge in [0.2, 0.25) is 0 Å². The minimum absolute atomic E-state index is 0.00894. The van der Waals surface area contributed by atoms with Crippen LogP contribution in [-0.2, 0) is 0 Å². The molecule has 4 heteroatoms. The Morgan fingerprint density at radius 1 is 1.16 bits per heavy atom. The highest BCUT2D eigenvalue weighted by atomic mass is 16.5. The topological polar surface area (TPSA) is 41.9 Å². The van der Waals surface area contributed by atoms with Crippen LogP contribution >= 0.6 is 0 Å². The monoisotopic (exact) mass is 265 g/mol. The molecule has 0 aliphatic carbocycles. The number of ether oxygens (including phenoxy) is 2. The Labute approximate surface area is 114 Å². The van der Waals surface area contributed by atoms with Crippen molar-refractivity contribution >= 4 is 0 Å². The first-order chi connectivity index (χ1) is 9.31. The molecule has 1 N–H and O–H groups in total. The van der Waals surface area contributed by atoms with Gasteiger partial charge in [0.25, 0.3) is 0 Å². The zero-order valence-electron chi connectivity index (χ0n) is 11.8. The molecular weight excluding hydrogens is 242 g/mol.